The summed E-state index contributed by atoms with van der Waals surface area (Å²) in [6, 6.07) is 4.86. The van der Waals surface area contributed by atoms with E-state index in [1.54, 1.807) is 23.9 Å². The highest BCUT2D eigenvalue weighted by Crippen LogP contribution is 2.28. The van der Waals surface area contributed by atoms with E-state index in [1.165, 1.54) is 35.4 Å². The Hall–Kier alpha value is -2.75. The fourth-order valence-corrected chi connectivity index (χ4v) is 5.33. The Morgan fingerprint density at radius 1 is 1.03 bits per heavy atom. The van der Waals surface area contributed by atoms with E-state index < -0.39 is 5.91 Å². The molecule has 0 aliphatic carbocycles. The van der Waals surface area contributed by atoms with Gasteiger partial charge in [0.2, 0.25) is 21.9 Å². The van der Waals surface area contributed by atoms with Crippen molar-refractivity contribution in [2.75, 3.05) is 22.1 Å². The maximum Gasteiger partial charge on any atom is 0.279 e. The smallest absolute Gasteiger partial charge is 0.279 e. The number of aromatic nitrogens is 5. The van der Waals surface area contributed by atoms with Crippen LogP contribution in [0.2, 0.25) is 0 Å². The van der Waals surface area contributed by atoms with E-state index in [4.69, 9.17) is 8.94 Å². The quantitative estimate of drug-likeness (QED) is 0.258. The number of nitrogens with zero attached hydrogens (tertiary/aromatic N) is 5. The maximum atomic E-state index is 12.3. The topological polar surface area (TPSA) is 149 Å². The van der Waals surface area contributed by atoms with Crippen LogP contribution in [0.25, 0.3) is 11.5 Å². The molecule has 4 rings (SSSR count). The molecule has 0 unspecified atom stereocenters. The average Bonchev–Trinajstić information content (AvgIpc) is 3.53. The lowest BCUT2D eigenvalue weighted by Crippen LogP contribution is -2.13. The minimum Gasteiger partial charge on any atom is -0.461 e. The molecule has 0 saturated heterocycles. The molecular formula is C16H13N7O4S4. The van der Waals surface area contributed by atoms with Gasteiger partial charge in [0.1, 0.15) is 0 Å². The van der Waals surface area contributed by atoms with Gasteiger partial charge in [0.25, 0.3) is 5.91 Å². The molecule has 0 atom stereocenters. The van der Waals surface area contributed by atoms with E-state index in [0.29, 0.717) is 21.0 Å². The van der Waals surface area contributed by atoms with E-state index in [-0.39, 0.29) is 22.5 Å². The molecule has 31 heavy (non-hydrogen) atoms. The zero-order valence-electron chi connectivity index (χ0n) is 15.7. The highest BCUT2D eigenvalue weighted by Gasteiger charge is 2.17. The lowest BCUT2D eigenvalue weighted by atomic mass is 10.3. The number of hydrogen-bond donors (Lipinski definition) is 2. The number of carbonyl (C=O) groups excluding carboxylic acids is 2. The first-order valence-corrected chi connectivity index (χ1v) is 12.3. The molecule has 0 aliphatic heterocycles. The predicted octanol–water partition coefficient (Wildman–Crippen LogP) is 3.73. The number of anilines is 2. The van der Waals surface area contributed by atoms with Crippen LogP contribution in [0.3, 0.4) is 0 Å². The van der Waals surface area contributed by atoms with Gasteiger partial charge in [-0.3, -0.25) is 20.2 Å². The summed E-state index contributed by atoms with van der Waals surface area (Å²) in [5.74, 6) is 1.08. The van der Waals surface area contributed by atoms with Crippen LogP contribution in [0, 0.1) is 0 Å². The minimum absolute atomic E-state index is 0.0767. The van der Waals surface area contributed by atoms with Crippen LogP contribution in [0.1, 0.15) is 17.4 Å². The molecule has 11 nitrogen and oxygen atoms in total. The maximum absolute atomic E-state index is 12.3. The highest BCUT2D eigenvalue weighted by atomic mass is 32.2. The van der Waals surface area contributed by atoms with Crippen molar-refractivity contribution < 1.29 is 18.5 Å². The van der Waals surface area contributed by atoms with Crippen molar-refractivity contribution in [2.24, 2.45) is 0 Å². The second kappa shape index (κ2) is 10.0. The van der Waals surface area contributed by atoms with E-state index in [2.05, 4.69) is 36.2 Å². The summed E-state index contributed by atoms with van der Waals surface area (Å²) in [6.07, 6.45) is 1.49. The molecule has 4 heterocycles. The van der Waals surface area contributed by atoms with Crippen LogP contribution in [0.5, 0.6) is 0 Å². The molecule has 0 bridgehead atoms. The molecule has 2 N–H and O–H groups in total. The van der Waals surface area contributed by atoms with Crippen molar-refractivity contribution in [2.45, 2.75) is 15.6 Å². The fraction of sp³-hybridized carbons (Fsp3) is 0.188. The first-order valence-electron chi connectivity index (χ1n) is 8.65. The third-order valence-electron chi connectivity index (χ3n) is 3.38. The first kappa shape index (κ1) is 21.5. The summed E-state index contributed by atoms with van der Waals surface area (Å²) in [5, 5.41) is 25.5. The Kier molecular flexibility index (Phi) is 6.96. The summed E-state index contributed by atoms with van der Waals surface area (Å²) in [5.41, 5.74) is 0.0767. The average molecular weight is 496 g/mol. The Morgan fingerprint density at radius 2 is 1.77 bits per heavy atom. The molecular weight excluding hydrogens is 482 g/mol. The van der Waals surface area contributed by atoms with Gasteiger partial charge in [-0.05, 0) is 17.9 Å². The first-order chi connectivity index (χ1) is 15.1. The van der Waals surface area contributed by atoms with Gasteiger partial charge in [0, 0.05) is 6.07 Å². The molecule has 0 spiro atoms. The number of rotatable bonds is 9. The summed E-state index contributed by atoms with van der Waals surface area (Å²) in [4.78, 5) is 24.4. The monoisotopic (exact) mass is 495 g/mol. The summed E-state index contributed by atoms with van der Waals surface area (Å²) >= 11 is 5.23. The van der Waals surface area contributed by atoms with Gasteiger partial charge in [-0.25, -0.2) is 0 Å². The Morgan fingerprint density at radius 3 is 2.48 bits per heavy atom. The molecule has 0 aliphatic rings. The van der Waals surface area contributed by atoms with Crippen LogP contribution in [0.4, 0.5) is 10.3 Å². The lowest BCUT2D eigenvalue weighted by molar-refractivity contribution is -0.113. The van der Waals surface area contributed by atoms with Gasteiger partial charge in [0.05, 0.1) is 12.0 Å². The van der Waals surface area contributed by atoms with E-state index in [0.717, 1.165) is 21.4 Å². The van der Waals surface area contributed by atoms with Crippen LogP contribution >= 0.6 is 46.2 Å². The predicted molar refractivity (Wildman–Crippen MR) is 118 cm³/mol. The molecule has 15 heteroatoms. The second-order valence-corrected chi connectivity index (χ2v) is 10.2. The van der Waals surface area contributed by atoms with Gasteiger partial charge in [0.15, 0.2) is 20.1 Å². The molecule has 160 valence electrons. The van der Waals surface area contributed by atoms with Gasteiger partial charge < -0.3 is 8.94 Å². The fourth-order valence-electron chi connectivity index (χ4n) is 2.12. The van der Waals surface area contributed by atoms with Crippen molar-refractivity contribution in [1.82, 2.24) is 25.6 Å². The summed E-state index contributed by atoms with van der Waals surface area (Å²) in [6.45, 7) is 2.02. The lowest BCUT2D eigenvalue weighted by Gasteiger charge is -1.98. The zero-order chi connectivity index (χ0) is 21.6. The number of thioether (sulfide) groups is 2. The van der Waals surface area contributed by atoms with Crippen LogP contribution in [-0.4, -0.2) is 48.9 Å². The normalized spacial score (nSPS) is 10.9. The number of furan rings is 1. The third kappa shape index (κ3) is 5.69. The molecule has 0 radical (unpaired) electrons. The van der Waals surface area contributed by atoms with Crippen LogP contribution in [-0.2, 0) is 4.79 Å². The summed E-state index contributed by atoms with van der Waals surface area (Å²) in [7, 11) is 0. The zero-order valence-corrected chi connectivity index (χ0v) is 19.0. The molecule has 0 aromatic carbocycles. The third-order valence-corrected chi connectivity index (χ3v) is 7.21. The SMILES string of the molecule is CCSc1nnc(NC(=O)CSc2nnc(NC(=O)c3cc(-c4ccco4)on3)s2)s1. The Bertz CT molecular complexity index is 1170. The number of amides is 2. The van der Waals surface area contributed by atoms with Gasteiger partial charge in [-0.15, -0.1) is 20.4 Å². The van der Waals surface area contributed by atoms with E-state index in [1.807, 2.05) is 6.92 Å². The van der Waals surface area contributed by atoms with Gasteiger partial charge in [-0.1, -0.05) is 58.3 Å². The minimum atomic E-state index is -0.496. The van der Waals surface area contributed by atoms with Gasteiger partial charge in [-0.2, -0.15) is 0 Å². The van der Waals surface area contributed by atoms with E-state index >= 15 is 0 Å². The standard InChI is InChI=1S/C16H13N7O4S4/c1-2-28-15-21-19-13(30-15)17-11(24)7-29-16-22-20-14(31-16)18-12(25)8-6-10(27-23-8)9-4-3-5-26-9/h3-6H,2,7H2,1H3,(H,17,19,24)(H,18,20,25). The Labute approximate surface area is 191 Å². The van der Waals surface area contributed by atoms with Crippen LogP contribution in [0.15, 0.2) is 42.1 Å². The molecule has 4 aromatic heterocycles. The number of nitrogens with one attached hydrogen (secondary N) is 2. The van der Waals surface area contributed by atoms with Crippen molar-refractivity contribution in [3.63, 3.8) is 0 Å². The summed E-state index contributed by atoms with van der Waals surface area (Å²) < 4.78 is 11.6. The highest BCUT2D eigenvalue weighted by molar-refractivity contribution is 8.01. The van der Waals surface area contributed by atoms with Crippen molar-refractivity contribution in [1.29, 1.82) is 0 Å². The molecule has 0 saturated carbocycles. The van der Waals surface area contributed by atoms with Crippen molar-refractivity contribution in [3.8, 4) is 11.5 Å². The molecule has 0 fully saturated rings. The van der Waals surface area contributed by atoms with E-state index in [9.17, 15) is 9.59 Å². The van der Waals surface area contributed by atoms with Crippen LogP contribution < -0.4 is 10.6 Å². The Balaban J connectivity index is 1.27. The second-order valence-electron chi connectivity index (χ2n) is 5.52. The molecule has 4 aromatic rings. The number of hydrogen-bond acceptors (Lipinski definition) is 13. The molecule has 2 amide bonds. The van der Waals surface area contributed by atoms with Crippen molar-refractivity contribution >= 4 is 68.3 Å². The van der Waals surface area contributed by atoms with Gasteiger partial charge >= 0.3 is 0 Å². The number of carbonyl (C=O) groups is 2. The van der Waals surface area contributed by atoms with Crippen molar-refractivity contribution in [3.05, 3.63) is 30.2 Å². The largest absolute Gasteiger partial charge is 0.461 e.